The van der Waals surface area contributed by atoms with Gasteiger partial charge in [-0.3, -0.25) is 0 Å². The maximum Gasteiger partial charge on any atom is 0.101 e. The Morgan fingerprint density at radius 2 is 2.00 bits per heavy atom. The first-order chi connectivity index (χ1) is 9.99. The predicted molar refractivity (Wildman–Crippen MR) is 90.8 cm³/mol. The van der Waals surface area contributed by atoms with Crippen molar-refractivity contribution in [3.8, 4) is 0 Å². The fourth-order valence-corrected chi connectivity index (χ4v) is 2.93. The molecule has 0 aliphatic rings. The largest absolute Gasteiger partial charge is 0.396 e. The summed E-state index contributed by atoms with van der Waals surface area (Å²) in [5, 5.41) is 14.7. The third kappa shape index (κ3) is 4.99. The highest BCUT2D eigenvalue weighted by Crippen LogP contribution is 2.26. The SMILES string of the molecule is CC(C)(C)NCc1cc2ccccc2nc1SCCCO. The van der Waals surface area contributed by atoms with Crippen LogP contribution >= 0.6 is 11.8 Å². The Bertz CT molecular complexity index is 593. The van der Waals surface area contributed by atoms with E-state index in [0.717, 1.165) is 29.3 Å². The molecule has 4 heteroatoms. The van der Waals surface area contributed by atoms with Crippen LogP contribution in [0.3, 0.4) is 0 Å². The normalized spacial score (nSPS) is 12.0. The summed E-state index contributed by atoms with van der Waals surface area (Å²) in [5.74, 6) is 0.893. The van der Waals surface area contributed by atoms with Crippen molar-refractivity contribution < 1.29 is 5.11 Å². The molecule has 0 unspecified atom stereocenters. The molecule has 0 aliphatic heterocycles. The minimum atomic E-state index is 0.0820. The smallest absolute Gasteiger partial charge is 0.101 e. The molecule has 114 valence electrons. The maximum atomic E-state index is 8.95. The van der Waals surface area contributed by atoms with E-state index in [4.69, 9.17) is 10.1 Å². The third-order valence-corrected chi connectivity index (χ3v) is 4.23. The van der Waals surface area contributed by atoms with E-state index < -0.39 is 0 Å². The summed E-state index contributed by atoms with van der Waals surface area (Å²) in [5.41, 5.74) is 2.34. The Hall–Kier alpha value is -1.10. The number of aliphatic hydroxyl groups excluding tert-OH is 1. The second-order valence-corrected chi connectivity index (χ2v) is 7.26. The van der Waals surface area contributed by atoms with Crippen molar-refractivity contribution in [3.63, 3.8) is 0 Å². The highest BCUT2D eigenvalue weighted by Gasteiger charge is 2.12. The molecule has 0 amide bonds. The second-order valence-electron chi connectivity index (χ2n) is 6.17. The Balaban J connectivity index is 2.27. The number of nitrogens with zero attached hydrogens (tertiary/aromatic N) is 1. The summed E-state index contributed by atoms with van der Waals surface area (Å²) in [6.45, 7) is 7.54. The molecule has 2 aromatic rings. The van der Waals surface area contributed by atoms with Crippen molar-refractivity contribution in [3.05, 3.63) is 35.9 Å². The quantitative estimate of drug-likeness (QED) is 0.632. The maximum absolute atomic E-state index is 8.95. The first-order valence-electron chi connectivity index (χ1n) is 7.37. The van der Waals surface area contributed by atoms with E-state index in [0.29, 0.717) is 0 Å². The highest BCUT2D eigenvalue weighted by molar-refractivity contribution is 7.99. The van der Waals surface area contributed by atoms with Gasteiger partial charge in [-0.15, -0.1) is 11.8 Å². The molecule has 0 fully saturated rings. The van der Waals surface area contributed by atoms with Gasteiger partial charge in [0.1, 0.15) is 5.03 Å². The minimum Gasteiger partial charge on any atom is -0.396 e. The Morgan fingerprint density at radius 3 is 2.71 bits per heavy atom. The van der Waals surface area contributed by atoms with Crippen LogP contribution in [0.5, 0.6) is 0 Å². The summed E-state index contributed by atoms with van der Waals surface area (Å²) in [7, 11) is 0. The van der Waals surface area contributed by atoms with Crippen LogP contribution in [0.2, 0.25) is 0 Å². The number of aliphatic hydroxyl groups is 1. The van der Waals surface area contributed by atoms with Gasteiger partial charge in [-0.05, 0) is 44.9 Å². The van der Waals surface area contributed by atoms with Crippen LogP contribution in [0.4, 0.5) is 0 Å². The fourth-order valence-electron chi connectivity index (χ4n) is 1.99. The van der Waals surface area contributed by atoms with Crippen LogP contribution in [0.25, 0.3) is 10.9 Å². The van der Waals surface area contributed by atoms with Gasteiger partial charge in [0.15, 0.2) is 0 Å². The zero-order valence-corrected chi connectivity index (χ0v) is 13.8. The standard InChI is InChI=1S/C17H24N2OS/c1-17(2,3)18-12-14-11-13-7-4-5-8-15(13)19-16(14)21-10-6-9-20/h4-5,7-8,11,18,20H,6,9-10,12H2,1-3H3. The molecule has 0 saturated carbocycles. The number of rotatable bonds is 6. The topological polar surface area (TPSA) is 45.2 Å². The van der Waals surface area contributed by atoms with Crippen molar-refractivity contribution in [2.75, 3.05) is 12.4 Å². The van der Waals surface area contributed by atoms with E-state index in [1.165, 1.54) is 10.9 Å². The number of hydrogen-bond donors (Lipinski definition) is 2. The molecule has 1 aromatic carbocycles. The van der Waals surface area contributed by atoms with E-state index in [9.17, 15) is 0 Å². The lowest BCUT2D eigenvalue weighted by Gasteiger charge is -2.21. The summed E-state index contributed by atoms with van der Waals surface area (Å²) in [4.78, 5) is 4.79. The van der Waals surface area contributed by atoms with Crippen LogP contribution in [-0.2, 0) is 6.54 Å². The Morgan fingerprint density at radius 1 is 1.24 bits per heavy atom. The van der Waals surface area contributed by atoms with Gasteiger partial charge in [0, 0.05) is 29.8 Å². The number of hydrogen-bond acceptors (Lipinski definition) is 4. The van der Waals surface area contributed by atoms with E-state index >= 15 is 0 Å². The molecule has 0 spiro atoms. The molecule has 0 aliphatic carbocycles. The van der Waals surface area contributed by atoms with E-state index in [-0.39, 0.29) is 12.1 Å². The summed E-state index contributed by atoms with van der Waals surface area (Å²) in [6, 6.07) is 10.4. The van der Waals surface area contributed by atoms with Crippen LogP contribution in [-0.4, -0.2) is 28.0 Å². The van der Waals surface area contributed by atoms with Gasteiger partial charge in [-0.2, -0.15) is 0 Å². The van der Waals surface area contributed by atoms with Gasteiger partial charge in [0.05, 0.1) is 5.52 Å². The summed E-state index contributed by atoms with van der Waals surface area (Å²) >= 11 is 1.73. The third-order valence-electron chi connectivity index (χ3n) is 3.11. The van der Waals surface area contributed by atoms with Crippen LogP contribution in [0, 0.1) is 0 Å². The van der Waals surface area contributed by atoms with Gasteiger partial charge >= 0.3 is 0 Å². The summed E-state index contributed by atoms with van der Waals surface area (Å²) < 4.78 is 0. The summed E-state index contributed by atoms with van der Waals surface area (Å²) in [6.07, 6.45) is 0.797. The van der Waals surface area contributed by atoms with Crippen LogP contribution in [0.1, 0.15) is 32.8 Å². The number of benzene rings is 1. The lowest BCUT2D eigenvalue weighted by atomic mass is 10.1. The molecule has 0 saturated heterocycles. The zero-order chi connectivity index (χ0) is 15.3. The van der Waals surface area contributed by atoms with Gasteiger partial charge in [-0.25, -0.2) is 4.98 Å². The Labute approximate surface area is 131 Å². The Kier molecular flexibility index (Phi) is 5.62. The van der Waals surface area contributed by atoms with Crippen LogP contribution < -0.4 is 5.32 Å². The lowest BCUT2D eigenvalue weighted by molar-refractivity contribution is 0.296. The number of nitrogens with one attached hydrogen (secondary N) is 1. The van der Waals surface area contributed by atoms with E-state index in [1.807, 2.05) is 18.2 Å². The molecule has 0 bridgehead atoms. The van der Waals surface area contributed by atoms with Crippen LogP contribution in [0.15, 0.2) is 35.4 Å². The molecule has 1 heterocycles. The van der Waals surface area contributed by atoms with Crippen molar-refractivity contribution in [1.82, 2.24) is 10.3 Å². The van der Waals surface area contributed by atoms with E-state index in [2.05, 4.69) is 38.2 Å². The van der Waals surface area contributed by atoms with Gasteiger partial charge in [0.2, 0.25) is 0 Å². The number of pyridine rings is 1. The monoisotopic (exact) mass is 304 g/mol. The zero-order valence-electron chi connectivity index (χ0n) is 13.0. The molecule has 0 atom stereocenters. The number of para-hydroxylation sites is 1. The second kappa shape index (κ2) is 7.25. The molecular weight excluding hydrogens is 280 g/mol. The molecule has 3 nitrogen and oxygen atoms in total. The number of aromatic nitrogens is 1. The van der Waals surface area contributed by atoms with Crippen molar-refractivity contribution in [1.29, 1.82) is 0 Å². The molecular formula is C17H24N2OS. The van der Waals surface area contributed by atoms with Gasteiger partial charge in [0.25, 0.3) is 0 Å². The lowest BCUT2D eigenvalue weighted by Crippen LogP contribution is -2.35. The molecule has 0 radical (unpaired) electrons. The molecule has 21 heavy (non-hydrogen) atoms. The molecule has 2 rings (SSSR count). The first kappa shape index (κ1) is 16.3. The number of fused-ring (bicyclic) bond motifs is 1. The average molecular weight is 304 g/mol. The predicted octanol–water partition coefficient (Wildman–Crippen LogP) is 3.60. The van der Waals surface area contributed by atoms with Crippen molar-refractivity contribution >= 4 is 22.7 Å². The number of thioether (sulfide) groups is 1. The highest BCUT2D eigenvalue weighted by atomic mass is 32.2. The fraction of sp³-hybridized carbons (Fsp3) is 0.471. The molecule has 1 aromatic heterocycles. The van der Waals surface area contributed by atoms with Crippen molar-refractivity contribution in [2.45, 2.75) is 44.3 Å². The van der Waals surface area contributed by atoms with Gasteiger partial charge in [-0.1, -0.05) is 18.2 Å². The minimum absolute atomic E-state index is 0.0820. The van der Waals surface area contributed by atoms with E-state index in [1.54, 1.807) is 11.8 Å². The van der Waals surface area contributed by atoms with Crippen molar-refractivity contribution in [2.24, 2.45) is 0 Å². The average Bonchev–Trinajstić information content (AvgIpc) is 2.44. The molecule has 2 N–H and O–H groups in total. The van der Waals surface area contributed by atoms with Gasteiger partial charge < -0.3 is 10.4 Å². The first-order valence-corrected chi connectivity index (χ1v) is 8.35.